The fourth-order valence-corrected chi connectivity index (χ4v) is 1.42. The molecule has 17 heavy (non-hydrogen) atoms. The van der Waals surface area contributed by atoms with Crippen LogP contribution in [0.2, 0.25) is 0 Å². The van der Waals surface area contributed by atoms with Crippen LogP contribution < -0.4 is 11.1 Å². The summed E-state index contributed by atoms with van der Waals surface area (Å²) >= 11 is 0. The lowest BCUT2D eigenvalue weighted by Crippen LogP contribution is -2.43. The third-order valence-electron chi connectivity index (χ3n) is 2.39. The second-order valence-electron chi connectivity index (χ2n) is 3.69. The van der Waals surface area contributed by atoms with Crippen molar-refractivity contribution >= 4 is 17.8 Å². The normalized spacial score (nSPS) is 25.2. The summed E-state index contributed by atoms with van der Waals surface area (Å²) < 4.78 is 4.97. The minimum atomic E-state index is -1.46. The van der Waals surface area contributed by atoms with Crippen molar-refractivity contribution in [1.29, 1.82) is 0 Å². The fraction of sp³-hybridized carbons (Fsp3) is 0.667. The summed E-state index contributed by atoms with van der Waals surface area (Å²) in [6.07, 6.45) is -2.76. The lowest BCUT2D eigenvalue weighted by Gasteiger charge is -2.13. The van der Waals surface area contributed by atoms with E-state index in [-0.39, 0.29) is 19.4 Å². The number of amides is 2. The van der Waals surface area contributed by atoms with Gasteiger partial charge in [-0.3, -0.25) is 9.59 Å². The van der Waals surface area contributed by atoms with Crippen molar-refractivity contribution in [2.45, 2.75) is 31.2 Å². The molecule has 96 valence electrons. The number of aliphatic hydroxyl groups is 1. The Hall–Kier alpha value is -1.67. The minimum Gasteiger partial charge on any atom is -0.479 e. The molecule has 0 saturated carbocycles. The third kappa shape index (κ3) is 3.68. The number of hydrogen-bond acceptors (Lipinski definition) is 5. The summed E-state index contributed by atoms with van der Waals surface area (Å²) in [6.45, 7) is -0.314. The van der Waals surface area contributed by atoms with Gasteiger partial charge in [0.05, 0.1) is 6.54 Å². The van der Waals surface area contributed by atoms with Gasteiger partial charge < -0.3 is 26.0 Å². The summed E-state index contributed by atoms with van der Waals surface area (Å²) in [4.78, 5) is 32.5. The van der Waals surface area contributed by atoms with Crippen LogP contribution in [0.15, 0.2) is 0 Å². The second kappa shape index (κ2) is 5.60. The molecule has 1 saturated heterocycles. The van der Waals surface area contributed by atoms with Crippen LogP contribution in [0.1, 0.15) is 12.8 Å². The molecule has 8 nitrogen and oxygen atoms in total. The Balaban J connectivity index is 2.35. The van der Waals surface area contributed by atoms with E-state index in [1.165, 1.54) is 0 Å². The van der Waals surface area contributed by atoms with Gasteiger partial charge in [0, 0.05) is 0 Å². The first-order valence-electron chi connectivity index (χ1n) is 5.05. The number of carbonyl (C=O) groups is 3. The average molecular weight is 246 g/mol. The van der Waals surface area contributed by atoms with Crippen molar-refractivity contribution in [3.05, 3.63) is 0 Å². The zero-order valence-electron chi connectivity index (χ0n) is 8.96. The molecule has 0 radical (unpaired) electrons. The predicted molar refractivity (Wildman–Crippen MR) is 53.7 cm³/mol. The van der Waals surface area contributed by atoms with Gasteiger partial charge >= 0.3 is 5.97 Å². The zero-order valence-corrected chi connectivity index (χ0v) is 8.96. The van der Waals surface area contributed by atoms with Gasteiger partial charge in [-0.15, -0.1) is 0 Å². The Morgan fingerprint density at radius 3 is 2.41 bits per heavy atom. The van der Waals surface area contributed by atoms with Crippen LogP contribution in [0.25, 0.3) is 0 Å². The number of carbonyl (C=O) groups excluding carboxylic acids is 2. The second-order valence-corrected chi connectivity index (χ2v) is 3.69. The van der Waals surface area contributed by atoms with Crippen molar-refractivity contribution in [2.24, 2.45) is 5.73 Å². The van der Waals surface area contributed by atoms with E-state index in [0.717, 1.165) is 0 Å². The standard InChI is InChI=1S/C9H14N2O6/c10-7(13)4(12)3-11-8(14)5-1-2-6(17-5)9(15)16/h4-6,12H,1-3H2,(H2,10,13)(H,11,14)(H,15,16). The molecule has 1 aliphatic rings. The van der Waals surface area contributed by atoms with Crippen molar-refractivity contribution in [1.82, 2.24) is 5.32 Å². The first-order chi connectivity index (χ1) is 7.91. The van der Waals surface area contributed by atoms with E-state index < -0.39 is 36.1 Å². The van der Waals surface area contributed by atoms with Crippen LogP contribution >= 0.6 is 0 Å². The number of carboxylic acids is 1. The molecule has 1 rings (SSSR count). The van der Waals surface area contributed by atoms with Crippen molar-refractivity contribution in [3.63, 3.8) is 0 Å². The van der Waals surface area contributed by atoms with Gasteiger partial charge in [-0.05, 0) is 12.8 Å². The number of nitrogens with one attached hydrogen (secondary N) is 1. The number of ether oxygens (including phenoxy) is 1. The molecule has 0 bridgehead atoms. The maximum absolute atomic E-state index is 11.4. The Morgan fingerprint density at radius 2 is 1.94 bits per heavy atom. The summed E-state index contributed by atoms with van der Waals surface area (Å²) in [7, 11) is 0. The predicted octanol–water partition coefficient (Wildman–Crippen LogP) is -2.42. The average Bonchev–Trinajstić information content (AvgIpc) is 2.74. The monoisotopic (exact) mass is 246 g/mol. The minimum absolute atomic E-state index is 0.256. The number of nitrogens with two attached hydrogens (primary N) is 1. The lowest BCUT2D eigenvalue weighted by atomic mass is 10.2. The van der Waals surface area contributed by atoms with Crippen molar-refractivity contribution in [3.8, 4) is 0 Å². The Bertz CT molecular complexity index is 331. The van der Waals surface area contributed by atoms with Crippen LogP contribution in [-0.2, 0) is 19.1 Å². The highest BCUT2D eigenvalue weighted by Gasteiger charge is 2.34. The summed E-state index contributed by atoms with van der Waals surface area (Å²) in [6, 6.07) is 0. The van der Waals surface area contributed by atoms with E-state index >= 15 is 0 Å². The first kappa shape index (κ1) is 13.4. The molecule has 0 aliphatic carbocycles. The highest BCUT2D eigenvalue weighted by atomic mass is 16.5. The van der Waals surface area contributed by atoms with Crippen LogP contribution in [0.3, 0.4) is 0 Å². The summed E-state index contributed by atoms with van der Waals surface area (Å²) in [5.74, 6) is -2.62. The number of aliphatic hydroxyl groups excluding tert-OH is 1. The molecule has 3 unspecified atom stereocenters. The highest BCUT2D eigenvalue weighted by Crippen LogP contribution is 2.19. The molecule has 8 heteroatoms. The quantitative estimate of drug-likeness (QED) is 0.425. The SMILES string of the molecule is NC(=O)C(O)CNC(=O)C1CCC(C(=O)O)O1. The largest absolute Gasteiger partial charge is 0.479 e. The number of aliphatic carboxylic acids is 1. The zero-order chi connectivity index (χ0) is 13.0. The Kier molecular flexibility index (Phi) is 4.41. The summed E-state index contributed by atoms with van der Waals surface area (Å²) in [5, 5.41) is 19.9. The molecule has 1 aliphatic heterocycles. The van der Waals surface area contributed by atoms with E-state index in [4.69, 9.17) is 20.7 Å². The van der Waals surface area contributed by atoms with Gasteiger partial charge in [-0.25, -0.2) is 4.79 Å². The third-order valence-corrected chi connectivity index (χ3v) is 2.39. The maximum atomic E-state index is 11.4. The van der Waals surface area contributed by atoms with Crippen LogP contribution in [0.4, 0.5) is 0 Å². The summed E-state index contributed by atoms with van der Waals surface area (Å²) in [5.41, 5.74) is 4.79. The molecule has 3 atom stereocenters. The molecule has 0 spiro atoms. The van der Waals surface area contributed by atoms with Gasteiger partial charge in [-0.2, -0.15) is 0 Å². The number of carboxylic acid groups (broad SMARTS) is 1. The smallest absolute Gasteiger partial charge is 0.332 e. The van der Waals surface area contributed by atoms with E-state index in [2.05, 4.69) is 5.32 Å². The van der Waals surface area contributed by atoms with E-state index in [0.29, 0.717) is 0 Å². The number of primary amides is 1. The molecular weight excluding hydrogens is 232 g/mol. The molecule has 1 heterocycles. The topological polar surface area (TPSA) is 139 Å². The van der Waals surface area contributed by atoms with Crippen LogP contribution in [0, 0.1) is 0 Å². The van der Waals surface area contributed by atoms with Crippen LogP contribution in [-0.4, -0.2) is 52.9 Å². The first-order valence-corrected chi connectivity index (χ1v) is 5.05. The molecule has 1 fully saturated rings. The van der Waals surface area contributed by atoms with Gasteiger partial charge in [0.15, 0.2) is 6.10 Å². The molecule has 0 aromatic carbocycles. The molecule has 0 aromatic heterocycles. The Labute approximate surface area is 96.7 Å². The van der Waals surface area contributed by atoms with Gasteiger partial charge in [0.1, 0.15) is 12.2 Å². The van der Waals surface area contributed by atoms with Crippen molar-refractivity contribution < 1.29 is 29.3 Å². The molecular formula is C9H14N2O6. The van der Waals surface area contributed by atoms with Crippen molar-refractivity contribution in [2.75, 3.05) is 6.54 Å². The van der Waals surface area contributed by atoms with Gasteiger partial charge in [0.2, 0.25) is 11.8 Å². The van der Waals surface area contributed by atoms with Gasteiger partial charge in [0.25, 0.3) is 0 Å². The fourth-order valence-electron chi connectivity index (χ4n) is 1.42. The van der Waals surface area contributed by atoms with E-state index in [1.54, 1.807) is 0 Å². The number of hydrogen-bond donors (Lipinski definition) is 4. The number of rotatable bonds is 5. The van der Waals surface area contributed by atoms with E-state index in [9.17, 15) is 14.4 Å². The molecule has 5 N–H and O–H groups in total. The highest BCUT2D eigenvalue weighted by molar-refractivity contribution is 5.84. The maximum Gasteiger partial charge on any atom is 0.332 e. The van der Waals surface area contributed by atoms with Crippen LogP contribution in [0.5, 0.6) is 0 Å². The molecule has 0 aromatic rings. The van der Waals surface area contributed by atoms with E-state index in [1.807, 2.05) is 0 Å². The van der Waals surface area contributed by atoms with Gasteiger partial charge in [-0.1, -0.05) is 0 Å². The Morgan fingerprint density at radius 1 is 1.35 bits per heavy atom. The lowest BCUT2D eigenvalue weighted by molar-refractivity contribution is -0.151. The molecule has 2 amide bonds.